The van der Waals surface area contributed by atoms with Crippen molar-refractivity contribution in [2.75, 3.05) is 19.8 Å². The lowest BCUT2D eigenvalue weighted by atomic mass is 10.1. The SMILES string of the molecule is O=C(COc1ccc2c(c1)CCC2=O)NC1CCOCC1. The summed E-state index contributed by atoms with van der Waals surface area (Å²) >= 11 is 0. The standard InChI is InChI=1S/C16H19NO4/c18-15-4-1-11-9-13(2-3-14(11)15)21-10-16(19)17-12-5-7-20-8-6-12/h2-3,9,12H,1,4-8,10H2,(H,17,19). The van der Waals surface area contributed by atoms with E-state index in [1.54, 1.807) is 12.1 Å². The first kappa shape index (κ1) is 14.1. The molecule has 3 rings (SSSR count). The molecule has 0 spiro atoms. The van der Waals surface area contributed by atoms with Crippen LogP contribution in [0.15, 0.2) is 18.2 Å². The topological polar surface area (TPSA) is 64.6 Å². The molecule has 1 aromatic carbocycles. The summed E-state index contributed by atoms with van der Waals surface area (Å²) in [6.45, 7) is 1.40. The fourth-order valence-corrected chi connectivity index (χ4v) is 2.78. The van der Waals surface area contributed by atoms with Crippen LogP contribution in [0.3, 0.4) is 0 Å². The van der Waals surface area contributed by atoms with Crippen LogP contribution in [0.25, 0.3) is 0 Å². The summed E-state index contributed by atoms with van der Waals surface area (Å²) in [6, 6.07) is 5.59. The second-order valence-corrected chi connectivity index (χ2v) is 5.48. The summed E-state index contributed by atoms with van der Waals surface area (Å²) in [5.74, 6) is 0.720. The number of hydrogen-bond donors (Lipinski definition) is 1. The van der Waals surface area contributed by atoms with Gasteiger partial charge in [0.25, 0.3) is 5.91 Å². The van der Waals surface area contributed by atoms with Gasteiger partial charge in [-0.15, -0.1) is 0 Å². The van der Waals surface area contributed by atoms with Gasteiger partial charge < -0.3 is 14.8 Å². The van der Waals surface area contributed by atoms with Gasteiger partial charge in [-0.2, -0.15) is 0 Å². The van der Waals surface area contributed by atoms with E-state index in [1.165, 1.54) is 0 Å². The molecule has 112 valence electrons. The molecule has 1 saturated heterocycles. The van der Waals surface area contributed by atoms with Crippen LogP contribution in [-0.4, -0.2) is 37.6 Å². The third kappa shape index (κ3) is 3.42. The van der Waals surface area contributed by atoms with Gasteiger partial charge in [0.1, 0.15) is 5.75 Å². The first-order chi connectivity index (χ1) is 10.2. The number of rotatable bonds is 4. The maximum atomic E-state index is 11.8. The quantitative estimate of drug-likeness (QED) is 0.912. The van der Waals surface area contributed by atoms with Crippen LogP contribution in [0.5, 0.6) is 5.75 Å². The van der Waals surface area contributed by atoms with Crippen LogP contribution in [-0.2, 0) is 16.0 Å². The third-order valence-electron chi connectivity index (χ3n) is 3.95. The zero-order chi connectivity index (χ0) is 14.7. The molecule has 1 heterocycles. The highest BCUT2D eigenvalue weighted by Gasteiger charge is 2.20. The monoisotopic (exact) mass is 289 g/mol. The molecule has 1 aromatic rings. The van der Waals surface area contributed by atoms with Crippen molar-refractivity contribution >= 4 is 11.7 Å². The van der Waals surface area contributed by atoms with Crippen molar-refractivity contribution in [2.45, 2.75) is 31.7 Å². The lowest BCUT2D eigenvalue weighted by Crippen LogP contribution is -2.41. The second kappa shape index (κ2) is 6.26. The summed E-state index contributed by atoms with van der Waals surface area (Å²) in [4.78, 5) is 23.4. The van der Waals surface area contributed by atoms with Gasteiger partial charge in [-0.05, 0) is 43.0 Å². The van der Waals surface area contributed by atoms with Crippen molar-refractivity contribution in [3.63, 3.8) is 0 Å². The lowest BCUT2D eigenvalue weighted by Gasteiger charge is -2.23. The Morgan fingerprint density at radius 2 is 2.10 bits per heavy atom. The first-order valence-corrected chi connectivity index (χ1v) is 7.38. The van der Waals surface area contributed by atoms with Crippen LogP contribution < -0.4 is 10.1 Å². The molecule has 21 heavy (non-hydrogen) atoms. The molecule has 1 fully saturated rings. The van der Waals surface area contributed by atoms with E-state index in [2.05, 4.69) is 5.32 Å². The van der Waals surface area contributed by atoms with Crippen LogP contribution in [0.2, 0.25) is 0 Å². The Morgan fingerprint density at radius 1 is 1.29 bits per heavy atom. The van der Waals surface area contributed by atoms with Gasteiger partial charge in [0.05, 0.1) is 0 Å². The van der Waals surface area contributed by atoms with E-state index in [4.69, 9.17) is 9.47 Å². The number of nitrogens with one attached hydrogen (secondary N) is 1. The molecule has 0 radical (unpaired) electrons. The van der Waals surface area contributed by atoms with Crippen molar-refractivity contribution in [1.82, 2.24) is 5.32 Å². The summed E-state index contributed by atoms with van der Waals surface area (Å²) in [5.41, 5.74) is 1.80. The Morgan fingerprint density at radius 3 is 2.90 bits per heavy atom. The molecule has 1 amide bonds. The van der Waals surface area contributed by atoms with Crippen molar-refractivity contribution in [1.29, 1.82) is 0 Å². The number of ketones is 1. The first-order valence-electron chi connectivity index (χ1n) is 7.38. The van der Waals surface area contributed by atoms with Gasteiger partial charge >= 0.3 is 0 Å². The number of hydrogen-bond acceptors (Lipinski definition) is 4. The third-order valence-corrected chi connectivity index (χ3v) is 3.95. The highest BCUT2D eigenvalue weighted by Crippen LogP contribution is 2.26. The molecule has 5 nitrogen and oxygen atoms in total. The number of fused-ring (bicyclic) bond motifs is 1. The molecule has 0 aromatic heterocycles. The van der Waals surface area contributed by atoms with Gasteiger partial charge in [0, 0.05) is 31.2 Å². The highest BCUT2D eigenvalue weighted by molar-refractivity contribution is 6.00. The van der Waals surface area contributed by atoms with Crippen LogP contribution in [0.4, 0.5) is 0 Å². The minimum Gasteiger partial charge on any atom is -0.484 e. The number of benzene rings is 1. The molecule has 1 aliphatic carbocycles. The fraction of sp³-hybridized carbons (Fsp3) is 0.500. The van der Waals surface area contributed by atoms with Gasteiger partial charge in [0.15, 0.2) is 12.4 Å². The van der Waals surface area contributed by atoms with Gasteiger partial charge in [-0.3, -0.25) is 9.59 Å². The molecule has 1 N–H and O–H groups in total. The van der Waals surface area contributed by atoms with Crippen molar-refractivity contribution in [2.24, 2.45) is 0 Å². The van der Waals surface area contributed by atoms with Gasteiger partial charge in [0.2, 0.25) is 0 Å². The van der Waals surface area contributed by atoms with E-state index < -0.39 is 0 Å². The normalized spacial score (nSPS) is 18.4. The summed E-state index contributed by atoms with van der Waals surface area (Å²) < 4.78 is 10.8. The summed E-state index contributed by atoms with van der Waals surface area (Å²) in [5, 5.41) is 2.95. The fourth-order valence-electron chi connectivity index (χ4n) is 2.78. The largest absolute Gasteiger partial charge is 0.484 e. The van der Waals surface area contributed by atoms with Crippen LogP contribution >= 0.6 is 0 Å². The Kier molecular flexibility index (Phi) is 4.20. The molecule has 0 atom stereocenters. The van der Waals surface area contributed by atoms with Gasteiger partial charge in [-0.1, -0.05) is 0 Å². The van der Waals surface area contributed by atoms with E-state index in [0.29, 0.717) is 25.4 Å². The number of carbonyl (C=O) groups excluding carboxylic acids is 2. The van der Waals surface area contributed by atoms with Crippen molar-refractivity contribution in [3.05, 3.63) is 29.3 Å². The Hall–Kier alpha value is -1.88. The minimum atomic E-state index is -0.113. The van der Waals surface area contributed by atoms with E-state index in [0.717, 1.165) is 30.4 Å². The molecule has 0 unspecified atom stereocenters. The van der Waals surface area contributed by atoms with E-state index in [9.17, 15) is 9.59 Å². The van der Waals surface area contributed by atoms with E-state index in [-0.39, 0.29) is 24.3 Å². The number of Topliss-reactive ketones (excluding diaryl/α,β-unsaturated/α-hetero) is 1. The smallest absolute Gasteiger partial charge is 0.258 e. The number of amides is 1. The van der Waals surface area contributed by atoms with Crippen LogP contribution in [0.1, 0.15) is 35.2 Å². The average molecular weight is 289 g/mol. The Balaban J connectivity index is 1.50. The predicted octanol–water partition coefficient (Wildman–Crippen LogP) is 1.49. The molecule has 0 saturated carbocycles. The molecule has 1 aliphatic heterocycles. The number of carbonyl (C=O) groups is 2. The van der Waals surface area contributed by atoms with Crippen molar-refractivity contribution < 1.29 is 19.1 Å². The summed E-state index contributed by atoms with van der Waals surface area (Å²) in [6.07, 6.45) is 3.04. The molecule has 0 bridgehead atoms. The second-order valence-electron chi connectivity index (χ2n) is 5.48. The lowest BCUT2D eigenvalue weighted by molar-refractivity contribution is -0.124. The zero-order valence-electron chi connectivity index (χ0n) is 11.9. The molecular formula is C16H19NO4. The van der Waals surface area contributed by atoms with Gasteiger partial charge in [-0.25, -0.2) is 0 Å². The predicted molar refractivity (Wildman–Crippen MR) is 76.6 cm³/mol. The average Bonchev–Trinajstić information content (AvgIpc) is 2.87. The van der Waals surface area contributed by atoms with Crippen LogP contribution in [0, 0.1) is 0 Å². The number of ether oxygens (including phenoxy) is 2. The maximum Gasteiger partial charge on any atom is 0.258 e. The zero-order valence-corrected chi connectivity index (χ0v) is 11.9. The molecule has 5 heteroatoms. The minimum absolute atomic E-state index is 0.00406. The molecule has 2 aliphatic rings. The van der Waals surface area contributed by atoms with E-state index in [1.807, 2.05) is 6.07 Å². The number of aryl methyl sites for hydroxylation is 1. The maximum absolute atomic E-state index is 11.8. The van der Waals surface area contributed by atoms with Crippen molar-refractivity contribution in [3.8, 4) is 5.75 Å². The van der Waals surface area contributed by atoms with E-state index >= 15 is 0 Å². The Labute approximate surface area is 123 Å². The summed E-state index contributed by atoms with van der Waals surface area (Å²) in [7, 11) is 0. The highest BCUT2D eigenvalue weighted by atomic mass is 16.5. The molecular weight excluding hydrogens is 270 g/mol. The Bertz CT molecular complexity index is 549.